The van der Waals surface area contributed by atoms with Gasteiger partial charge in [0.1, 0.15) is 11.6 Å². The van der Waals surface area contributed by atoms with E-state index in [4.69, 9.17) is 0 Å². The Bertz CT molecular complexity index is 510. The number of anilines is 1. The second-order valence-corrected chi connectivity index (χ2v) is 3.56. The highest BCUT2D eigenvalue weighted by Crippen LogP contribution is 2.31. The fraction of sp³-hybridized carbons (Fsp3) is 0.182. The third kappa shape index (κ3) is 1.41. The molecule has 1 amide bonds. The second kappa shape index (κ2) is 3.52. The number of nitrogens with zero attached hydrogens (tertiary/aromatic N) is 1. The van der Waals surface area contributed by atoms with E-state index in [1.807, 2.05) is 0 Å². The lowest BCUT2D eigenvalue weighted by Crippen LogP contribution is -2.34. The molecule has 0 fully saturated rings. The van der Waals surface area contributed by atoms with E-state index in [9.17, 15) is 18.8 Å². The van der Waals surface area contributed by atoms with Gasteiger partial charge in [-0.05, 0) is 19.1 Å². The summed E-state index contributed by atoms with van der Waals surface area (Å²) >= 11 is 0. The zero-order chi connectivity index (χ0) is 11.9. The van der Waals surface area contributed by atoms with Crippen LogP contribution < -0.4 is 4.90 Å². The number of fused-ring (bicyclic) bond motifs is 1. The lowest BCUT2D eigenvalue weighted by atomic mass is 10.1. The molecule has 0 aliphatic carbocycles. The van der Waals surface area contributed by atoms with Gasteiger partial charge in [0.2, 0.25) is 0 Å². The zero-order valence-electron chi connectivity index (χ0n) is 8.49. The van der Waals surface area contributed by atoms with Crippen LogP contribution in [0, 0.1) is 5.82 Å². The van der Waals surface area contributed by atoms with Crippen molar-refractivity contribution >= 4 is 23.2 Å². The monoisotopic (exact) mass is 221 g/mol. The molecule has 1 aliphatic rings. The van der Waals surface area contributed by atoms with Crippen LogP contribution in [-0.2, 0) is 9.59 Å². The summed E-state index contributed by atoms with van der Waals surface area (Å²) in [6, 6.07) is 3.88. The minimum atomic E-state index is -0.852. The first kappa shape index (κ1) is 10.5. The molecule has 0 unspecified atom stereocenters. The molecule has 1 aliphatic heterocycles. The number of carbonyl (C=O) groups is 3. The highest BCUT2D eigenvalue weighted by atomic mass is 19.1. The summed E-state index contributed by atoms with van der Waals surface area (Å²) < 4.78 is 13.5. The third-order valence-corrected chi connectivity index (χ3v) is 2.32. The van der Waals surface area contributed by atoms with Crippen molar-refractivity contribution in [2.75, 3.05) is 11.4 Å². The highest BCUT2D eigenvalue weighted by Gasteiger charge is 2.38. The first-order chi connectivity index (χ1) is 7.52. The van der Waals surface area contributed by atoms with Crippen molar-refractivity contribution < 1.29 is 18.8 Å². The van der Waals surface area contributed by atoms with Crippen molar-refractivity contribution in [1.29, 1.82) is 0 Å². The summed E-state index contributed by atoms with van der Waals surface area (Å²) in [4.78, 5) is 34.8. The Labute approximate surface area is 90.7 Å². The molecule has 1 aromatic carbocycles. The van der Waals surface area contributed by atoms with Crippen molar-refractivity contribution in [1.82, 2.24) is 0 Å². The van der Waals surface area contributed by atoms with E-state index in [0.29, 0.717) is 0 Å². The predicted molar refractivity (Wildman–Crippen MR) is 53.8 cm³/mol. The molecular weight excluding hydrogens is 213 g/mol. The van der Waals surface area contributed by atoms with E-state index in [1.54, 1.807) is 0 Å². The first-order valence-electron chi connectivity index (χ1n) is 4.66. The molecule has 0 spiro atoms. The van der Waals surface area contributed by atoms with Gasteiger partial charge in [-0.15, -0.1) is 0 Å². The van der Waals surface area contributed by atoms with Crippen LogP contribution >= 0.6 is 0 Å². The SMILES string of the molecule is CC(=O)CN1C(=O)C(=O)c2cccc(F)c21. The molecule has 0 aromatic heterocycles. The Morgan fingerprint density at radius 2 is 2.06 bits per heavy atom. The topological polar surface area (TPSA) is 54.5 Å². The van der Waals surface area contributed by atoms with Crippen molar-refractivity contribution in [2.45, 2.75) is 6.92 Å². The average Bonchev–Trinajstić information content (AvgIpc) is 2.45. The lowest BCUT2D eigenvalue weighted by Gasteiger charge is -2.14. The van der Waals surface area contributed by atoms with Crippen LogP contribution in [0.15, 0.2) is 18.2 Å². The largest absolute Gasteiger partial charge is 0.299 e. The number of hydrogen-bond donors (Lipinski definition) is 0. The summed E-state index contributed by atoms with van der Waals surface area (Å²) in [5, 5.41) is 0. The van der Waals surface area contributed by atoms with E-state index >= 15 is 0 Å². The van der Waals surface area contributed by atoms with Crippen molar-refractivity contribution in [3.63, 3.8) is 0 Å². The number of amides is 1. The highest BCUT2D eigenvalue weighted by molar-refractivity contribution is 6.52. The molecule has 0 N–H and O–H groups in total. The van der Waals surface area contributed by atoms with Crippen LogP contribution in [-0.4, -0.2) is 24.0 Å². The maximum Gasteiger partial charge on any atom is 0.299 e. The standard InChI is InChI=1S/C11H8FNO3/c1-6(14)5-13-9-7(10(15)11(13)16)3-2-4-8(9)12/h2-4H,5H2,1H3. The van der Waals surface area contributed by atoms with Crippen molar-refractivity contribution in [3.8, 4) is 0 Å². The van der Waals surface area contributed by atoms with Gasteiger partial charge in [0.25, 0.3) is 11.7 Å². The number of para-hydroxylation sites is 1. The van der Waals surface area contributed by atoms with Crippen LogP contribution in [0.2, 0.25) is 0 Å². The Morgan fingerprint density at radius 1 is 1.38 bits per heavy atom. The number of halogens is 1. The summed E-state index contributed by atoms with van der Waals surface area (Å²) in [5.41, 5.74) is -0.0704. The number of carbonyl (C=O) groups excluding carboxylic acids is 3. The van der Waals surface area contributed by atoms with Crippen molar-refractivity contribution in [3.05, 3.63) is 29.6 Å². The predicted octanol–water partition coefficient (Wildman–Crippen LogP) is 0.944. The Balaban J connectivity index is 2.56. The molecule has 82 valence electrons. The minimum Gasteiger partial charge on any atom is -0.298 e. The average molecular weight is 221 g/mol. The van der Waals surface area contributed by atoms with Gasteiger partial charge in [0, 0.05) is 0 Å². The molecule has 16 heavy (non-hydrogen) atoms. The summed E-state index contributed by atoms with van der Waals surface area (Å²) in [6.07, 6.45) is 0. The molecule has 0 saturated carbocycles. The molecule has 0 atom stereocenters. The van der Waals surface area contributed by atoms with E-state index in [-0.39, 0.29) is 23.6 Å². The number of rotatable bonds is 2. The Hall–Kier alpha value is -2.04. The fourth-order valence-electron chi connectivity index (χ4n) is 1.69. The molecule has 4 nitrogen and oxygen atoms in total. The third-order valence-electron chi connectivity index (χ3n) is 2.32. The van der Waals surface area contributed by atoms with E-state index in [2.05, 4.69) is 0 Å². The van der Waals surface area contributed by atoms with E-state index in [1.165, 1.54) is 19.1 Å². The lowest BCUT2D eigenvalue weighted by molar-refractivity contribution is -0.119. The van der Waals surface area contributed by atoms with Gasteiger partial charge in [-0.25, -0.2) is 4.39 Å². The maximum absolute atomic E-state index is 13.5. The Kier molecular flexibility index (Phi) is 2.30. The van der Waals surface area contributed by atoms with Gasteiger partial charge in [-0.3, -0.25) is 19.3 Å². The van der Waals surface area contributed by atoms with Crippen molar-refractivity contribution in [2.24, 2.45) is 0 Å². The normalized spacial score (nSPS) is 14.2. The quantitative estimate of drug-likeness (QED) is 0.698. The van der Waals surface area contributed by atoms with Crippen LogP contribution in [0.3, 0.4) is 0 Å². The molecule has 0 bridgehead atoms. The smallest absolute Gasteiger partial charge is 0.298 e. The molecule has 0 saturated heterocycles. The number of benzene rings is 1. The fourth-order valence-corrected chi connectivity index (χ4v) is 1.69. The Morgan fingerprint density at radius 3 is 2.69 bits per heavy atom. The summed E-state index contributed by atoms with van der Waals surface area (Å²) in [7, 11) is 0. The summed E-state index contributed by atoms with van der Waals surface area (Å²) in [6.45, 7) is 0.995. The van der Waals surface area contributed by atoms with Crippen LogP contribution in [0.4, 0.5) is 10.1 Å². The molecule has 2 rings (SSSR count). The van der Waals surface area contributed by atoms with Gasteiger partial charge in [0.15, 0.2) is 0 Å². The van der Waals surface area contributed by atoms with E-state index < -0.39 is 17.5 Å². The second-order valence-electron chi connectivity index (χ2n) is 3.56. The maximum atomic E-state index is 13.5. The zero-order valence-corrected chi connectivity index (χ0v) is 8.49. The molecule has 5 heteroatoms. The summed E-state index contributed by atoms with van der Waals surface area (Å²) in [5.74, 6) is -2.60. The van der Waals surface area contributed by atoms with Gasteiger partial charge in [-0.2, -0.15) is 0 Å². The molecule has 1 aromatic rings. The van der Waals surface area contributed by atoms with Gasteiger partial charge >= 0.3 is 0 Å². The first-order valence-corrected chi connectivity index (χ1v) is 4.66. The van der Waals surface area contributed by atoms with Crippen LogP contribution in [0.5, 0.6) is 0 Å². The van der Waals surface area contributed by atoms with Crippen LogP contribution in [0.1, 0.15) is 17.3 Å². The molecule has 1 heterocycles. The van der Waals surface area contributed by atoms with Gasteiger partial charge in [0.05, 0.1) is 17.8 Å². The van der Waals surface area contributed by atoms with Gasteiger partial charge < -0.3 is 0 Å². The number of ketones is 2. The van der Waals surface area contributed by atoms with E-state index in [0.717, 1.165) is 11.0 Å². The molecule has 0 radical (unpaired) electrons. The number of hydrogen-bond acceptors (Lipinski definition) is 3. The minimum absolute atomic E-state index is 0.0197. The van der Waals surface area contributed by atoms with Gasteiger partial charge in [-0.1, -0.05) is 6.07 Å². The number of Topliss-reactive ketones (excluding diaryl/α,β-unsaturated/α-hetero) is 2. The molecular formula is C11H8FNO3. The van der Waals surface area contributed by atoms with Crippen LogP contribution in [0.25, 0.3) is 0 Å².